The summed E-state index contributed by atoms with van der Waals surface area (Å²) in [7, 11) is 1.86. The number of carbonyl (C=O) groups excluding carboxylic acids is 3. The van der Waals surface area contributed by atoms with Crippen LogP contribution >= 0.6 is 0 Å². The van der Waals surface area contributed by atoms with Crippen molar-refractivity contribution in [2.75, 3.05) is 50.1 Å². The monoisotopic (exact) mass is 549 g/mol. The first kappa shape index (κ1) is 26.1. The van der Waals surface area contributed by atoms with E-state index in [0.717, 1.165) is 6.42 Å². The zero-order chi connectivity index (χ0) is 28.0. The maximum atomic E-state index is 15.8. The number of alkyl halides is 1. The predicted molar refractivity (Wildman–Crippen MR) is 139 cm³/mol. The van der Waals surface area contributed by atoms with Crippen molar-refractivity contribution in [1.82, 2.24) is 19.8 Å². The molecular weight excluding hydrogens is 521 g/mol. The smallest absolute Gasteiger partial charge is 0.328 e. The molecule has 3 amide bonds. The second-order valence-corrected chi connectivity index (χ2v) is 10.7. The predicted octanol–water partition coefficient (Wildman–Crippen LogP) is 1.98. The summed E-state index contributed by atoms with van der Waals surface area (Å²) in [6.45, 7) is 2.52. The van der Waals surface area contributed by atoms with Crippen molar-refractivity contribution in [3.63, 3.8) is 0 Å². The number of pyridine rings is 2. The molecule has 12 nitrogen and oxygen atoms in total. The fourth-order valence-electron chi connectivity index (χ4n) is 5.50. The molecule has 1 atom stereocenters. The Labute approximate surface area is 229 Å². The standard InChI is InChI=1S/C27H28FN7O5/c1-33-3-4-34(24(37)13-33)12-16-6-20-25(31-21(16)14-36)35(18-8-27(20,28)9-18)26(38)32-23-7-22(17(10-29)11-30-23)40-15-19-2-5-39-19/h6-7,11,14,18-19H,2-5,8-9,12-13,15H2,1H3,(H,30,32,38). The van der Waals surface area contributed by atoms with Crippen LogP contribution in [0, 0.1) is 11.3 Å². The fourth-order valence-corrected chi connectivity index (χ4v) is 5.50. The summed E-state index contributed by atoms with van der Waals surface area (Å²) in [4.78, 5) is 51.5. The van der Waals surface area contributed by atoms with Crippen LogP contribution in [0.5, 0.6) is 5.75 Å². The van der Waals surface area contributed by atoms with Crippen molar-refractivity contribution in [3.05, 3.63) is 40.7 Å². The number of amides is 3. The van der Waals surface area contributed by atoms with E-state index in [9.17, 15) is 19.6 Å². The van der Waals surface area contributed by atoms with Gasteiger partial charge in [0.2, 0.25) is 5.91 Å². The average Bonchev–Trinajstić information content (AvgIpc) is 2.88. The highest BCUT2D eigenvalue weighted by Gasteiger charge is 2.57. The maximum absolute atomic E-state index is 15.8. The van der Waals surface area contributed by atoms with Crippen LogP contribution in [-0.2, 0) is 21.7 Å². The quantitative estimate of drug-likeness (QED) is 0.513. The first-order valence-corrected chi connectivity index (χ1v) is 13.2. The molecule has 40 heavy (non-hydrogen) atoms. The molecule has 2 aromatic rings. The summed E-state index contributed by atoms with van der Waals surface area (Å²) in [6.07, 6.45) is 2.89. The van der Waals surface area contributed by atoms with Gasteiger partial charge in [-0.2, -0.15) is 5.26 Å². The fraction of sp³-hybridized carbons (Fsp3) is 0.481. The van der Waals surface area contributed by atoms with Gasteiger partial charge in [0.1, 0.15) is 47.0 Å². The minimum atomic E-state index is -1.66. The molecule has 1 aliphatic carbocycles. The number of piperazine rings is 1. The van der Waals surface area contributed by atoms with Crippen molar-refractivity contribution in [3.8, 4) is 11.8 Å². The Morgan fingerprint density at radius 3 is 2.85 bits per heavy atom. The molecule has 208 valence electrons. The molecule has 6 heterocycles. The van der Waals surface area contributed by atoms with E-state index in [2.05, 4.69) is 15.3 Å². The molecule has 2 bridgehead atoms. The van der Waals surface area contributed by atoms with Crippen molar-refractivity contribution in [1.29, 1.82) is 5.26 Å². The van der Waals surface area contributed by atoms with Crippen molar-refractivity contribution >= 4 is 29.9 Å². The summed E-state index contributed by atoms with van der Waals surface area (Å²) in [5.41, 5.74) is -0.724. The number of likely N-dealkylation sites (N-methyl/N-ethyl adjacent to an activating group) is 1. The number of aromatic nitrogens is 2. The molecule has 13 heteroatoms. The largest absolute Gasteiger partial charge is 0.489 e. The van der Waals surface area contributed by atoms with Gasteiger partial charge in [0, 0.05) is 68.7 Å². The van der Waals surface area contributed by atoms with Gasteiger partial charge in [-0.25, -0.2) is 19.2 Å². The van der Waals surface area contributed by atoms with E-state index in [-0.39, 0.29) is 78.8 Å². The number of carbonyl (C=O) groups is 3. The van der Waals surface area contributed by atoms with E-state index in [0.29, 0.717) is 31.5 Å². The Kier molecular flexibility index (Phi) is 6.59. The Bertz CT molecular complexity index is 1420. The number of ether oxygens (including phenoxy) is 2. The van der Waals surface area contributed by atoms with Crippen molar-refractivity contribution in [2.45, 2.75) is 43.6 Å². The van der Waals surface area contributed by atoms with Gasteiger partial charge < -0.3 is 14.4 Å². The number of nitriles is 1. The molecule has 5 aliphatic rings. The molecule has 0 spiro atoms. The summed E-state index contributed by atoms with van der Waals surface area (Å²) in [5, 5.41) is 12.1. The molecule has 3 fully saturated rings. The molecule has 2 saturated heterocycles. The summed E-state index contributed by atoms with van der Waals surface area (Å²) >= 11 is 0. The lowest BCUT2D eigenvalue weighted by Crippen LogP contribution is -2.60. The second kappa shape index (κ2) is 10.1. The van der Waals surface area contributed by atoms with Crippen LogP contribution in [0.3, 0.4) is 0 Å². The molecular formula is C27H28FN7O5. The highest BCUT2D eigenvalue weighted by Crippen LogP contribution is 2.56. The third-order valence-corrected chi connectivity index (χ3v) is 7.95. The van der Waals surface area contributed by atoms with Crippen LogP contribution in [0.25, 0.3) is 0 Å². The maximum Gasteiger partial charge on any atom is 0.328 e. The number of nitrogens with zero attached hydrogens (tertiary/aromatic N) is 6. The van der Waals surface area contributed by atoms with Crippen LogP contribution in [0.2, 0.25) is 0 Å². The number of aldehydes is 1. The normalized spacial score (nSPS) is 25.3. The van der Waals surface area contributed by atoms with Crippen LogP contribution in [0.4, 0.5) is 20.8 Å². The summed E-state index contributed by atoms with van der Waals surface area (Å²) in [6, 6.07) is 4.01. The van der Waals surface area contributed by atoms with Gasteiger partial charge in [-0.1, -0.05) is 0 Å². The van der Waals surface area contributed by atoms with Gasteiger partial charge in [-0.3, -0.25) is 24.7 Å². The first-order chi connectivity index (χ1) is 19.3. The van der Waals surface area contributed by atoms with Crippen LogP contribution in [0.1, 0.15) is 46.4 Å². The third-order valence-electron chi connectivity index (χ3n) is 7.95. The topological polar surface area (TPSA) is 141 Å². The van der Waals surface area contributed by atoms with Crippen LogP contribution < -0.4 is 15.0 Å². The number of urea groups is 1. The number of halogens is 1. The SMILES string of the molecule is CN1CCN(Cc2cc3c(nc2C=O)N(C(=O)Nc2cc(OCC4CCO4)c(C#N)cn2)C2CC3(F)C2)C(=O)C1. The molecule has 0 aromatic carbocycles. The van der Waals surface area contributed by atoms with E-state index in [4.69, 9.17) is 9.47 Å². The number of rotatable bonds is 7. The number of anilines is 2. The third kappa shape index (κ3) is 4.63. The lowest BCUT2D eigenvalue weighted by Gasteiger charge is -2.52. The molecule has 2 aromatic heterocycles. The van der Waals surface area contributed by atoms with Gasteiger partial charge in [-0.15, -0.1) is 0 Å². The van der Waals surface area contributed by atoms with Gasteiger partial charge in [0.15, 0.2) is 6.29 Å². The summed E-state index contributed by atoms with van der Waals surface area (Å²) in [5.74, 6) is 0.400. The van der Waals surface area contributed by atoms with E-state index in [1.165, 1.54) is 17.2 Å². The van der Waals surface area contributed by atoms with Crippen molar-refractivity contribution in [2.24, 2.45) is 0 Å². The molecule has 1 unspecified atom stereocenters. The van der Waals surface area contributed by atoms with Crippen LogP contribution in [-0.4, -0.2) is 90.0 Å². The van der Waals surface area contributed by atoms with Gasteiger partial charge >= 0.3 is 6.03 Å². The zero-order valence-corrected chi connectivity index (χ0v) is 21.9. The van der Waals surface area contributed by atoms with Gasteiger partial charge in [-0.05, 0) is 13.1 Å². The Morgan fingerprint density at radius 2 is 2.17 bits per heavy atom. The zero-order valence-electron chi connectivity index (χ0n) is 21.9. The first-order valence-electron chi connectivity index (χ1n) is 13.2. The lowest BCUT2D eigenvalue weighted by molar-refractivity contribution is -0.136. The lowest BCUT2D eigenvalue weighted by atomic mass is 9.68. The van der Waals surface area contributed by atoms with E-state index >= 15 is 4.39 Å². The van der Waals surface area contributed by atoms with E-state index in [1.807, 2.05) is 18.0 Å². The molecule has 7 rings (SSSR count). The number of hydrogen-bond donors (Lipinski definition) is 1. The van der Waals surface area contributed by atoms with Crippen molar-refractivity contribution < 1.29 is 28.2 Å². The molecule has 4 aliphatic heterocycles. The molecule has 1 N–H and O–H groups in total. The minimum Gasteiger partial charge on any atom is -0.489 e. The van der Waals surface area contributed by atoms with Gasteiger partial charge in [0.25, 0.3) is 0 Å². The van der Waals surface area contributed by atoms with Crippen LogP contribution in [0.15, 0.2) is 18.3 Å². The minimum absolute atomic E-state index is 0.0421. The number of hydrogen-bond acceptors (Lipinski definition) is 9. The van der Waals surface area contributed by atoms with E-state index in [1.54, 1.807) is 11.0 Å². The molecule has 0 radical (unpaired) electrons. The Morgan fingerprint density at radius 1 is 1.38 bits per heavy atom. The Hall–Kier alpha value is -4.15. The Balaban J connectivity index is 1.25. The molecule has 1 saturated carbocycles. The van der Waals surface area contributed by atoms with E-state index < -0.39 is 17.7 Å². The number of nitrogens with one attached hydrogen (secondary N) is 1. The highest BCUT2D eigenvalue weighted by molar-refractivity contribution is 6.03. The van der Waals surface area contributed by atoms with Gasteiger partial charge in [0.05, 0.1) is 18.8 Å². The highest BCUT2D eigenvalue weighted by atomic mass is 19.1. The average molecular weight is 550 g/mol. The second-order valence-electron chi connectivity index (χ2n) is 10.7. The summed E-state index contributed by atoms with van der Waals surface area (Å²) < 4.78 is 26.9.